The Kier molecular flexibility index (Phi) is 7.46. The lowest BCUT2D eigenvalue weighted by Gasteiger charge is -2.34. The summed E-state index contributed by atoms with van der Waals surface area (Å²) in [6, 6.07) is 12.6. The zero-order valence-electron chi connectivity index (χ0n) is 16.6. The standard InChI is InChI=1S/C21H27FN2O4S/c1-29(25,26)21-8-6-20(7-9-21)28-17-15-24-12-10-23(11-13-24)14-16-27-19-4-2-18(22)3-5-19/h2-9H,10-17H2,1H3. The maximum absolute atomic E-state index is 12.9. The van der Waals surface area contributed by atoms with Crippen molar-refractivity contribution in [3.05, 3.63) is 54.3 Å². The van der Waals surface area contributed by atoms with Crippen LogP contribution in [0.15, 0.2) is 53.4 Å². The topological polar surface area (TPSA) is 59.1 Å². The fourth-order valence-electron chi connectivity index (χ4n) is 3.14. The van der Waals surface area contributed by atoms with Crippen LogP contribution in [0.25, 0.3) is 0 Å². The first-order valence-electron chi connectivity index (χ1n) is 9.66. The molecule has 1 fully saturated rings. The largest absolute Gasteiger partial charge is 0.492 e. The van der Waals surface area contributed by atoms with Gasteiger partial charge in [-0.25, -0.2) is 12.8 Å². The van der Waals surface area contributed by atoms with Crippen LogP contribution in [-0.4, -0.2) is 77.0 Å². The van der Waals surface area contributed by atoms with Gasteiger partial charge in [0.25, 0.3) is 0 Å². The van der Waals surface area contributed by atoms with Crippen molar-refractivity contribution in [3.63, 3.8) is 0 Å². The Morgan fingerprint density at radius 3 is 1.62 bits per heavy atom. The minimum atomic E-state index is -3.18. The predicted molar refractivity (Wildman–Crippen MR) is 110 cm³/mol. The van der Waals surface area contributed by atoms with Crippen molar-refractivity contribution in [1.29, 1.82) is 0 Å². The summed E-state index contributed by atoms with van der Waals surface area (Å²) < 4.78 is 47.2. The van der Waals surface area contributed by atoms with Crippen molar-refractivity contribution in [1.82, 2.24) is 9.80 Å². The zero-order valence-corrected chi connectivity index (χ0v) is 17.4. The minimum absolute atomic E-state index is 0.261. The molecule has 3 rings (SSSR count). The number of rotatable bonds is 9. The highest BCUT2D eigenvalue weighted by Gasteiger charge is 2.16. The molecule has 0 unspecified atom stereocenters. The second-order valence-corrected chi connectivity index (χ2v) is 9.09. The molecular formula is C21H27FN2O4S. The average Bonchev–Trinajstić information content (AvgIpc) is 2.70. The van der Waals surface area contributed by atoms with E-state index in [9.17, 15) is 12.8 Å². The normalized spacial score (nSPS) is 15.9. The Morgan fingerprint density at radius 2 is 1.21 bits per heavy atom. The molecule has 29 heavy (non-hydrogen) atoms. The van der Waals surface area contributed by atoms with E-state index in [2.05, 4.69) is 9.80 Å². The maximum Gasteiger partial charge on any atom is 0.175 e. The third kappa shape index (κ3) is 6.99. The van der Waals surface area contributed by atoms with Crippen LogP contribution in [0.1, 0.15) is 0 Å². The molecule has 2 aromatic rings. The molecule has 0 aromatic heterocycles. The van der Waals surface area contributed by atoms with Crippen molar-refractivity contribution in [3.8, 4) is 11.5 Å². The number of hydrogen-bond donors (Lipinski definition) is 0. The molecule has 1 aliphatic rings. The molecule has 8 heteroatoms. The van der Waals surface area contributed by atoms with Crippen molar-refractivity contribution < 1.29 is 22.3 Å². The number of halogens is 1. The van der Waals surface area contributed by atoms with Crippen LogP contribution in [0.4, 0.5) is 4.39 Å². The average molecular weight is 423 g/mol. The molecule has 0 N–H and O–H groups in total. The summed E-state index contributed by atoms with van der Waals surface area (Å²) in [5.41, 5.74) is 0. The van der Waals surface area contributed by atoms with Gasteiger partial charge in [0.15, 0.2) is 9.84 Å². The van der Waals surface area contributed by atoms with E-state index in [1.165, 1.54) is 18.4 Å². The van der Waals surface area contributed by atoms with Crippen molar-refractivity contribution in [2.45, 2.75) is 4.90 Å². The van der Waals surface area contributed by atoms with Crippen molar-refractivity contribution >= 4 is 9.84 Å². The monoisotopic (exact) mass is 422 g/mol. The molecule has 0 bridgehead atoms. The van der Waals surface area contributed by atoms with E-state index in [1.54, 1.807) is 36.4 Å². The van der Waals surface area contributed by atoms with Gasteiger partial charge in [0.2, 0.25) is 0 Å². The van der Waals surface area contributed by atoms with E-state index >= 15 is 0 Å². The van der Waals surface area contributed by atoms with Crippen LogP contribution in [0.2, 0.25) is 0 Å². The van der Waals surface area contributed by atoms with E-state index in [0.29, 0.717) is 29.6 Å². The molecular weight excluding hydrogens is 395 g/mol. The van der Waals surface area contributed by atoms with Gasteiger partial charge in [-0.1, -0.05) is 0 Å². The van der Waals surface area contributed by atoms with Crippen LogP contribution in [0, 0.1) is 5.82 Å². The highest BCUT2D eigenvalue weighted by Crippen LogP contribution is 2.16. The van der Waals surface area contributed by atoms with Gasteiger partial charge in [-0.2, -0.15) is 0 Å². The highest BCUT2D eigenvalue weighted by molar-refractivity contribution is 7.90. The number of ether oxygens (including phenoxy) is 2. The zero-order chi connectivity index (χ0) is 20.7. The van der Waals surface area contributed by atoms with Crippen LogP contribution in [-0.2, 0) is 9.84 Å². The van der Waals surface area contributed by atoms with E-state index in [0.717, 1.165) is 39.3 Å². The molecule has 158 valence electrons. The van der Waals surface area contributed by atoms with Crippen molar-refractivity contribution in [2.24, 2.45) is 0 Å². The van der Waals surface area contributed by atoms with Crippen LogP contribution in [0.3, 0.4) is 0 Å². The van der Waals surface area contributed by atoms with Gasteiger partial charge < -0.3 is 9.47 Å². The molecule has 0 amide bonds. The summed E-state index contributed by atoms with van der Waals surface area (Å²) >= 11 is 0. The van der Waals surface area contributed by atoms with Crippen LogP contribution in [0.5, 0.6) is 11.5 Å². The van der Waals surface area contributed by atoms with E-state index in [1.807, 2.05) is 0 Å². The number of benzene rings is 2. The second-order valence-electron chi connectivity index (χ2n) is 7.08. The fraction of sp³-hybridized carbons (Fsp3) is 0.429. The van der Waals surface area contributed by atoms with Gasteiger partial charge in [-0.05, 0) is 48.5 Å². The summed E-state index contributed by atoms with van der Waals surface area (Å²) in [6.45, 7) is 6.68. The molecule has 0 aliphatic carbocycles. The minimum Gasteiger partial charge on any atom is -0.492 e. The Balaban J connectivity index is 1.30. The van der Waals surface area contributed by atoms with Gasteiger partial charge >= 0.3 is 0 Å². The first-order valence-corrected chi connectivity index (χ1v) is 11.6. The van der Waals surface area contributed by atoms with Crippen molar-refractivity contribution in [2.75, 3.05) is 58.7 Å². The van der Waals surface area contributed by atoms with Gasteiger partial charge in [0.1, 0.15) is 30.5 Å². The third-order valence-corrected chi connectivity index (χ3v) is 6.01. The van der Waals surface area contributed by atoms with Gasteiger partial charge in [-0.3, -0.25) is 9.80 Å². The Bertz CT molecular complexity index is 865. The summed E-state index contributed by atoms with van der Waals surface area (Å²) in [4.78, 5) is 5.00. The van der Waals surface area contributed by atoms with E-state index < -0.39 is 9.84 Å². The lowest BCUT2D eigenvalue weighted by atomic mass is 10.3. The second kappa shape index (κ2) is 10.0. The number of sulfone groups is 1. The number of hydrogen-bond acceptors (Lipinski definition) is 6. The first kappa shape index (κ1) is 21.5. The molecule has 1 heterocycles. The quantitative estimate of drug-likeness (QED) is 0.618. The van der Waals surface area contributed by atoms with Crippen LogP contribution >= 0.6 is 0 Å². The van der Waals surface area contributed by atoms with Gasteiger partial charge in [0, 0.05) is 45.5 Å². The Morgan fingerprint density at radius 1 is 0.793 bits per heavy atom. The van der Waals surface area contributed by atoms with Crippen LogP contribution < -0.4 is 9.47 Å². The fourth-order valence-corrected chi connectivity index (χ4v) is 3.77. The number of nitrogens with zero attached hydrogens (tertiary/aromatic N) is 2. The highest BCUT2D eigenvalue weighted by atomic mass is 32.2. The Hall–Kier alpha value is -2.16. The lowest BCUT2D eigenvalue weighted by molar-refractivity contribution is 0.105. The summed E-state index contributed by atoms with van der Waals surface area (Å²) in [6.07, 6.45) is 1.19. The molecule has 1 saturated heterocycles. The van der Waals surface area contributed by atoms with Gasteiger partial charge in [0.05, 0.1) is 4.90 Å². The molecule has 0 saturated carbocycles. The molecule has 0 spiro atoms. The number of piperazine rings is 1. The predicted octanol–water partition coefficient (Wildman–Crippen LogP) is 2.30. The molecule has 1 aliphatic heterocycles. The summed E-state index contributed by atoms with van der Waals surface area (Å²) in [5, 5.41) is 0. The maximum atomic E-state index is 12.9. The van der Waals surface area contributed by atoms with Gasteiger partial charge in [-0.15, -0.1) is 0 Å². The third-order valence-electron chi connectivity index (χ3n) is 4.88. The Labute approximate surface area is 171 Å². The van der Waals surface area contributed by atoms with E-state index in [4.69, 9.17) is 9.47 Å². The summed E-state index contributed by atoms with van der Waals surface area (Å²) in [7, 11) is -3.18. The lowest BCUT2D eigenvalue weighted by Crippen LogP contribution is -2.48. The molecule has 6 nitrogen and oxygen atoms in total. The first-order chi connectivity index (χ1) is 13.9. The summed E-state index contributed by atoms with van der Waals surface area (Å²) in [5.74, 6) is 1.10. The van der Waals surface area contributed by atoms with E-state index in [-0.39, 0.29) is 5.82 Å². The molecule has 0 radical (unpaired) electrons. The SMILES string of the molecule is CS(=O)(=O)c1ccc(OCCN2CCN(CCOc3ccc(F)cc3)CC2)cc1. The smallest absolute Gasteiger partial charge is 0.175 e. The molecule has 0 atom stereocenters. The molecule has 2 aromatic carbocycles.